The molecule has 0 bridgehead atoms. The molecule has 13 heavy (non-hydrogen) atoms. The molecule has 74 valence electrons. The van der Waals surface area contributed by atoms with Gasteiger partial charge < -0.3 is 14.8 Å². The number of esters is 1. The highest BCUT2D eigenvalue weighted by Crippen LogP contribution is 2.07. The molecule has 1 fully saturated rings. The Labute approximate surface area is 76.4 Å². The van der Waals surface area contributed by atoms with Gasteiger partial charge in [-0.05, 0) is 6.42 Å². The monoisotopic (exact) mass is 187 g/mol. The summed E-state index contributed by atoms with van der Waals surface area (Å²) in [7, 11) is 1.53. The van der Waals surface area contributed by atoms with Crippen LogP contribution in [0.3, 0.4) is 0 Å². The Kier molecular flexibility index (Phi) is 3.70. The second-order valence-corrected chi connectivity index (χ2v) is 2.82. The van der Waals surface area contributed by atoms with Crippen LogP contribution < -0.4 is 5.32 Å². The molecule has 0 aromatic carbocycles. The average molecular weight is 187 g/mol. The minimum absolute atomic E-state index is 0.0892. The number of carbonyl (C=O) groups excluding carboxylic acids is 2. The lowest BCUT2D eigenvalue weighted by Gasteiger charge is -2.09. The minimum Gasteiger partial charge on any atom is -0.462 e. The summed E-state index contributed by atoms with van der Waals surface area (Å²) in [6.45, 7) is 0.619. The topological polar surface area (TPSA) is 64.6 Å². The molecule has 0 saturated carbocycles. The number of ether oxygens (including phenoxy) is 2. The Hall–Kier alpha value is -1.10. The van der Waals surface area contributed by atoms with Crippen molar-refractivity contribution in [3.8, 4) is 0 Å². The smallest absolute Gasteiger partial charge is 0.328 e. The first-order valence-corrected chi connectivity index (χ1v) is 4.19. The summed E-state index contributed by atoms with van der Waals surface area (Å²) in [4.78, 5) is 21.9. The van der Waals surface area contributed by atoms with Gasteiger partial charge in [0.05, 0.1) is 6.61 Å². The van der Waals surface area contributed by atoms with E-state index in [1.807, 2.05) is 0 Å². The third kappa shape index (κ3) is 3.02. The SMILES string of the molecule is COCCOC(=O)[C@@H]1CCC(=O)N1. The van der Waals surface area contributed by atoms with E-state index in [0.717, 1.165) is 0 Å². The predicted octanol–water partition coefficient (Wildman–Crippen LogP) is -0.545. The summed E-state index contributed by atoms with van der Waals surface area (Å²) < 4.78 is 9.55. The fourth-order valence-electron chi connectivity index (χ4n) is 1.12. The number of nitrogens with one attached hydrogen (secondary N) is 1. The number of hydrogen-bond acceptors (Lipinski definition) is 4. The fourth-order valence-corrected chi connectivity index (χ4v) is 1.12. The van der Waals surface area contributed by atoms with Crippen molar-refractivity contribution in [3.63, 3.8) is 0 Å². The van der Waals surface area contributed by atoms with E-state index in [1.165, 1.54) is 7.11 Å². The van der Waals surface area contributed by atoms with Crippen LogP contribution >= 0.6 is 0 Å². The summed E-state index contributed by atoms with van der Waals surface area (Å²) in [6.07, 6.45) is 0.939. The lowest BCUT2D eigenvalue weighted by molar-refractivity contribution is -0.147. The summed E-state index contributed by atoms with van der Waals surface area (Å²) >= 11 is 0. The lowest BCUT2D eigenvalue weighted by atomic mass is 10.2. The van der Waals surface area contributed by atoms with E-state index in [-0.39, 0.29) is 18.5 Å². The van der Waals surface area contributed by atoms with Crippen LogP contribution in [0.2, 0.25) is 0 Å². The third-order valence-electron chi connectivity index (χ3n) is 1.81. The molecule has 1 heterocycles. The van der Waals surface area contributed by atoms with Gasteiger partial charge in [0.1, 0.15) is 12.6 Å². The van der Waals surface area contributed by atoms with Gasteiger partial charge in [0.2, 0.25) is 5.91 Å². The Morgan fingerprint density at radius 1 is 1.62 bits per heavy atom. The number of rotatable bonds is 4. The summed E-state index contributed by atoms with van der Waals surface area (Å²) in [5.41, 5.74) is 0. The molecule has 1 rings (SSSR count). The van der Waals surface area contributed by atoms with Crippen molar-refractivity contribution >= 4 is 11.9 Å². The first-order chi connectivity index (χ1) is 6.24. The fraction of sp³-hybridized carbons (Fsp3) is 0.750. The van der Waals surface area contributed by atoms with Gasteiger partial charge in [-0.25, -0.2) is 4.79 Å². The van der Waals surface area contributed by atoms with Crippen molar-refractivity contribution in [1.82, 2.24) is 5.32 Å². The van der Waals surface area contributed by atoms with Crippen LogP contribution in [0.15, 0.2) is 0 Å². The Bertz CT molecular complexity index is 204. The van der Waals surface area contributed by atoms with Crippen LogP contribution in [0.25, 0.3) is 0 Å². The number of carbonyl (C=O) groups is 2. The maximum Gasteiger partial charge on any atom is 0.328 e. The van der Waals surface area contributed by atoms with Gasteiger partial charge in [-0.15, -0.1) is 0 Å². The van der Waals surface area contributed by atoms with Gasteiger partial charge in [0.25, 0.3) is 0 Å². The molecule has 5 heteroatoms. The Balaban J connectivity index is 2.20. The van der Waals surface area contributed by atoms with E-state index in [1.54, 1.807) is 0 Å². The van der Waals surface area contributed by atoms with Gasteiger partial charge in [0.15, 0.2) is 0 Å². The van der Waals surface area contributed by atoms with Crippen molar-refractivity contribution in [2.24, 2.45) is 0 Å². The van der Waals surface area contributed by atoms with Gasteiger partial charge in [-0.3, -0.25) is 4.79 Å². The molecule has 5 nitrogen and oxygen atoms in total. The van der Waals surface area contributed by atoms with Crippen LogP contribution in [0, 0.1) is 0 Å². The van der Waals surface area contributed by atoms with Gasteiger partial charge in [-0.1, -0.05) is 0 Å². The van der Waals surface area contributed by atoms with E-state index < -0.39 is 6.04 Å². The van der Waals surface area contributed by atoms with E-state index in [9.17, 15) is 9.59 Å². The molecule has 1 aliphatic rings. The molecule has 1 amide bonds. The molecule has 0 unspecified atom stereocenters. The summed E-state index contributed by atoms with van der Waals surface area (Å²) in [5.74, 6) is -0.461. The van der Waals surface area contributed by atoms with Crippen molar-refractivity contribution in [2.75, 3.05) is 20.3 Å². The first kappa shape index (κ1) is 9.98. The summed E-state index contributed by atoms with van der Waals surface area (Å²) in [5, 5.41) is 2.53. The minimum atomic E-state index is -0.454. The molecule has 0 aromatic rings. The second-order valence-electron chi connectivity index (χ2n) is 2.82. The normalized spacial score (nSPS) is 21.3. The maximum atomic E-state index is 11.2. The molecule has 0 aromatic heterocycles. The van der Waals surface area contributed by atoms with Crippen LogP contribution in [-0.2, 0) is 19.1 Å². The maximum absolute atomic E-state index is 11.2. The van der Waals surface area contributed by atoms with E-state index in [2.05, 4.69) is 5.32 Å². The lowest BCUT2D eigenvalue weighted by Crippen LogP contribution is -2.35. The van der Waals surface area contributed by atoms with Crippen molar-refractivity contribution in [2.45, 2.75) is 18.9 Å². The van der Waals surface area contributed by atoms with Gasteiger partial charge >= 0.3 is 5.97 Å². The highest BCUT2D eigenvalue weighted by Gasteiger charge is 2.28. The molecule has 1 atom stereocenters. The average Bonchev–Trinajstić information content (AvgIpc) is 2.52. The van der Waals surface area contributed by atoms with Crippen LogP contribution in [0.1, 0.15) is 12.8 Å². The molecular weight excluding hydrogens is 174 g/mol. The van der Waals surface area contributed by atoms with E-state index in [4.69, 9.17) is 9.47 Å². The van der Waals surface area contributed by atoms with E-state index >= 15 is 0 Å². The van der Waals surface area contributed by atoms with Gasteiger partial charge in [-0.2, -0.15) is 0 Å². The van der Waals surface area contributed by atoms with Crippen LogP contribution in [0.4, 0.5) is 0 Å². The number of hydrogen-bond donors (Lipinski definition) is 1. The van der Waals surface area contributed by atoms with Crippen molar-refractivity contribution in [1.29, 1.82) is 0 Å². The highest BCUT2D eigenvalue weighted by molar-refractivity contribution is 5.87. The van der Waals surface area contributed by atoms with Crippen molar-refractivity contribution < 1.29 is 19.1 Å². The van der Waals surface area contributed by atoms with Crippen LogP contribution in [-0.4, -0.2) is 38.2 Å². The standard InChI is InChI=1S/C8H13NO4/c1-12-4-5-13-8(11)6-2-3-7(10)9-6/h6H,2-5H2,1H3,(H,9,10)/t6-/m0/s1. The zero-order valence-corrected chi connectivity index (χ0v) is 7.54. The predicted molar refractivity (Wildman–Crippen MR) is 44.0 cm³/mol. The molecule has 1 N–H and O–H groups in total. The summed E-state index contributed by atoms with van der Waals surface area (Å²) in [6, 6.07) is -0.454. The highest BCUT2D eigenvalue weighted by atomic mass is 16.6. The van der Waals surface area contributed by atoms with Crippen molar-refractivity contribution in [3.05, 3.63) is 0 Å². The molecule has 1 aliphatic heterocycles. The third-order valence-corrected chi connectivity index (χ3v) is 1.81. The zero-order valence-electron chi connectivity index (χ0n) is 7.54. The zero-order chi connectivity index (χ0) is 9.68. The number of methoxy groups -OCH3 is 1. The number of amides is 1. The largest absolute Gasteiger partial charge is 0.462 e. The second kappa shape index (κ2) is 4.81. The van der Waals surface area contributed by atoms with E-state index in [0.29, 0.717) is 19.4 Å². The Morgan fingerprint density at radius 3 is 2.92 bits per heavy atom. The molecule has 0 radical (unpaired) electrons. The molecule has 0 aliphatic carbocycles. The quantitative estimate of drug-likeness (QED) is 0.474. The molecular formula is C8H13NO4. The van der Waals surface area contributed by atoms with Gasteiger partial charge in [0, 0.05) is 13.5 Å². The molecule has 0 spiro atoms. The Morgan fingerprint density at radius 2 is 2.38 bits per heavy atom. The molecule has 1 saturated heterocycles. The van der Waals surface area contributed by atoms with Crippen LogP contribution in [0.5, 0.6) is 0 Å². The first-order valence-electron chi connectivity index (χ1n) is 4.19.